The van der Waals surface area contributed by atoms with Crippen molar-refractivity contribution >= 4 is 5.91 Å². The molecule has 0 bridgehead atoms. The molecule has 1 aliphatic heterocycles. The average Bonchev–Trinajstić information content (AvgIpc) is 3.45. The predicted molar refractivity (Wildman–Crippen MR) is 142 cm³/mol. The van der Waals surface area contributed by atoms with Crippen molar-refractivity contribution in [3.8, 4) is 5.75 Å². The van der Waals surface area contributed by atoms with Crippen molar-refractivity contribution in [2.24, 2.45) is 5.92 Å². The largest absolute Gasteiger partial charge is 0.508 e. The lowest BCUT2D eigenvalue weighted by molar-refractivity contribution is -0.151. The third kappa shape index (κ3) is 8.17. The van der Waals surface area contributed by atoms with Gasteiger partial charge in [0.25, 0.3) is 0 Å². The van der Waals surface area contributed by atoms with Crippen molar-refractivity contribution in [3.05, 3.63) is 29.3 Å². The molecule has 7 nitrogen and oxygen atoms in total. The second-order valence-corrected chi connectivity index (χ2v) is 10.4. The van der Waals surface area contributed by atoms with E-state index in [-0.39, 0.29) is 11.9 Å². The molecule has 36 heavy (non-hydrogen) atoms. The van der Waals surface area contributed by atoms with Crippen molar-refractivity contribution in [3.63, 3.8) is 0 Å². The van der Waals surface area contributed by atoms with Crippen molar-refractivity contribution in [2.45, 2.75) is 83.5 Å². The van der Waals surface area contributed by atoms with Crippen LogP contribution in [0.1, 0.15) is 75.8 Å². The second kappa shape index (κ2) is 14.9. The van der Waals surface area contributed by atoms with Crippen LogP contribution in [0.3, 0.4) is 0 Å². The smallest absolute Gasteiger partial charge is 0.225 e. The van der Waals surface area contributed by atoms with Gasteiger partial charge in [0.05, 0.1) is 26.2 Å². The molecule has 1 saturated heterocycles. The Bertz CT molecular complexity index is 786. The van der Waals surface area contributed by atoms with Crippen LogP contribution in [0.5, 0.6) is 5.75 Å². The van der Waals surface area contributed by atoms with E-state index < -0.39 is 6.29 Å². The lowest BCUT2D eigenvalue weighted by atomic mass is 9.87. The molecule has 204 valence electrons. The van der Waals surface area contributed by atoms with Crippen LogP contribution in [0.25, 0.3) is 0 Å². The number of piperidine rings is 1. The lowest BCUT2D eigenvalue weighted by Gasteiger charge is -2.35. The summed E-state index contributed by atoms with van der Waals surface area (Å²) in [5.41, 5.74) is 2.24. The van der Waals surface area contributed by atoms with Gasteiger partial charge in [-0.1, -0.05) is 31.9 Å². The van der Waals surface area contributed by atoms with Crippen LogP contribution >= 0.6 is 0 Å². The summed E-state index contributed by atoms with van der Waals surface area (Å²) in [6, 6.07) is 6.13. The fraction of sp³-hybridized carbons (Fsp3) is 0.759. The van der Waals surface area contributed by atoms with Crippen LogP contribution in [0, 0.1) is 5.92 Å². The van der Waals surface area contributed by atoms with E-state index in [0.29, 0.717) is 43.8 Å². The van der Waals surface area contributed by atoms with Gasteiger partial charge in [0.1, 0.15) is 5.75 Å². The quantitative estimate of drug-likeness (QED) is 0.296. The van der Waals surface area contributed by atoms with Gasteiger partial charge in [0, 0.05) is 20.3 Å². The summed E-state index contributed by atoms with van der Waals surface area (Å²) in [4.78, 5) is 17.6. The van der Waals surface area contributed by atoms with Gasteiger partial charge < -0.3 is 29.1 Å². The van der Waals surface area contributed by atoms with Crippen LogP contribution in [0.2, 0.25) is 0 Å². The van der Waals surface area contributed by atoms with Crippen LogP contribution < -0.4 is 0 Å². The number of aromatic hydroxyl groups is 1. The van der Waals surface area contributed by atoms with E-state index in [9.17, 15) is 9.90 Å². The van der Waals surface area contributed by atoms with Crippen molar-refractivity contribution in [1.29, 1.82) is 0 Å². The van der Waals surface area contributed by atoms with Crippen LogP contribution in [-0.2, 0) is 25.4 Å². The number of carbonyl (C=O) groups excluding carboxylic acids is 1. The number of likely N-dealkylation sites (tertiary alicyclic amines) is 1. The molecule has 1 aromatic carbocycles. The number of hydrogen-bond acceptors (Lipinski definition) is 6. The Hall–Kier alpha value is -1.67. The molecule has 1 N–H and O–H groups in total. The third-order valence-corrected chi connectivity index (χ3v) is 8.33. The number of amides is 1. The number of rotatable bonds is 14. The molecule has 1 amide bonds. The van der Waals surface area contributed by atoms with E-state index in [4.69, 9.17) is 14.2 Å². The van der Waals surface area contributed by atoms with E-state index >= 15 is 0 Å². The third-order valence-electron chi connectivity index (χ3n) is 8.33. The number of carbonyl (C=O) groups is 1. The van der Waals surface area contributed by atoms with Gasteiger partial charge in [-0.3, -0.25) is 4.79 Å². The number of hydrogen-bond donors (Lipinski definition) is 1. The maximum absolute atomic E-state index is 13.1. The Morgan fingerprint density at radius 1 is 1.11 bits per heavy atom. The average molecular weight is 505 g/mol. The fourth-order valence-corrected chi connectivity index (χ4v) is 5.84. The molecule has 0 radical (unpaired) electrons. The first-order chi connectivity index (χ1) is 17.5. The summed E-state index contributed by atoms with van der Waals surface area (Å²) >= 11 is 0. The van der Waals surface area contributed by atoms with Gasteiger partial charge in [-0.15, -0.1) is 0 Å². The van der Waals surface area contributed by atoms with E-state index in [2.05, 4.69) is 24.8 Å². The molecular weight excluding hydrogens is 456 g/mol. The highest BCUT2D eigenvalue weighted by molar-refractivity contribution is 5.76. The van der Waals surface area contributed by atoms with Crippen molar-refractivity contribution in [2.75, 3.05) is 53.6 Å². The normalized spacial score (nSPS) is 18.7. The predicted octanol–water partition coefficient (Wildman–Crippen LogP) is 4.57. The summed E-state index contributed by atoms with van der Waals surface area (Å²) in [7, 11) is 3.23. The van der Waals surface area contributed by atoms with Crippen molar-refractivity contribution in [1.82, 2.24) is 9.80 Å². The molecule has 2 aliphatic rings. The second-order valence-electron chi connectivity index (χ2n) is 10.4. The van der Waals surface area contributed by atoms with Crippen LogP contribution in [-0.4, -0.2) is 86.8 Å². The molecule has 1 aliphatic carbocycles. The highest BCUT2D eigenvalue weighted by Crippen LogP contribution is 2.34. The first-order valence-electron chi connectivity index (χ1n) is 13.9. The lowest BCUT2D eigenvalue weighted by Crippen LogP contribution is -2.47. The maximum Gasteiger partial charge on any atom is 0.225 e. The number of phenols is 1. The number of ether oxygens (including phenoxy) is 3. The maximum atomic E-state index is 13.1. The van der Waals surface area contributed by atoms with E-state index in [1.807, 2.05) is 17.0 Å². The Morgan fingerprint density at radius 3 is 2.44 bits per heavy atom. The molecule has 3 rings (SSSR count). The SMILES string of the molecule is CCN1CCC(c2cc(CCOCCC(=O)N(CC(OC)OC)C(C)C3CCCC3)ccc2O)CC1. The Labute approximate surface area is 218 Å². The van der Waals surface area contributed by atoms with Gasteiger partial charge in [-0.05, 0) is 87.7 Å². The molecular formula is C29H48N2O5. The van der Waals surface area contributed by atoms with E-state index in [1.165, 1.54) is 31.2 Å². The minimum absolute atomic E-state index is 0.0961. The molecule has 2 fully saturated rings. The number of benzene rings is 1. The molecule has 1 heterocycles. The van der Waals surface area contributed by atoms with Gasteiger partial charge in [-0.25, -0.2) is 0 Å². The van der Waals surface area contributed by atoms with Gasteiger partial charge in [0.2, 0.25) is 5.91 Å². The molecule has 7 heteroatoms. The molecule has 1 unspecified atom stereocenters. The summed E-state index contributed by atoms with van der Waals surface area (Å²) in [6.45, 7) is 9.04. The Balaban J connectivity index is 1.46. The van der Waals surface area contributed by atoms with Gasteiger partial charge in [-0.2, -0.15) is 0 Å². The molecule has 1 saturated carbocycles. The summed E-state index contributed by atoms with van der Waals surface area (Å²) < 4.78 is 16.7. The van der Waals surface area contributed by atoms with E-state index in [0.717, 1.165) is 44.5 Å². The fourth-order valence-electron chi connectivity index (χ4n) is 5.84. The zero-order chi connectivity index (χ0) is 25.9. The van der Waals surface area contributed by atoms with Gasteiger partial charge in [0.15, 0.2) is 6.29 Å². The standard InChI is InChI=1S/C29H48N2O5/c1-5-30-16-12-25(13-17-30)26-20-23(10-11-27(26)32)14-18-36-19-15-28(33)31(21-29(34-3)35-4)22(2)24-8-6-7-9-24/h10-11,20,22,24-25,29,32H,5-9,12-19,21H2,1-4H3. The number of methoxy groups -OCH3 is 2. The molecule has 0 spiro atoms. The van der Waals surface area contributed by atoms with Crippen molar-refractivity contribution < 1.29 is 24.1 Å². The molecule has 1 aromatic rings. The topological polar surface area (TPSA) is 71.5 Å². The highest BCUT2D eigenvalue weighted by Gasteiger charge is 2.31. The van der Waals surface area contributed by atoms with Crippen LogP contribution in [0.4, 0.5) is 0 Å². The summed E-state index contributed by atoms with van der Waals surface area (Å²) in [5.74, 6) is 1.46. The Kier molecular flexibility index (Phi) is 12.0. The monoisotopic (exact) mass is 504 g/mol. The zero-order valence-corrected chi connectivity index (χ0v) is 22.9. The number of nitrogens with zero attached hydrogens (tertiary/aromatic N) is 2. The minimum Gasteiger partial charge on any atom is -0.508 e. The zero-order valence-electron chi connectivity index (χ0n) is 22.9. The molecule has 0 aromatic heterocycles. The molecule has 1 atom stereocenters. The first-order valence-corrected chi connectivity index (χ1v) is 13.9. The highest BCUT2D eigenvalue weighted by atomic mass is 16.7. The number of phenolic OH excluding ortho intramolecular Hbond substituents is 1. The Morgan fingerprint density at radius 2 is 1.81 bits per heavy atom. The van der Waals surface area contributed by atoms with E-state index in [1.54, 1.807) is 14.2 Å². The van der Waals surface area contributed by atoms with Crippen LogP contribution in [0.15, 0.2) is 18.2 Å². The minimum atomic E-state index is -0.420. The summed E-state index contributed by atoms with van der Waals surface area (Å²) in [6.07, 6.45) is 7.73. The first kappa shape index (κ1) is 28.9. The summed E-state index contributed by atoms with van der Waals surface area (Å²) in [5, 5.41) is 10.4. The van der Waals surface area contributed by atoms with Gasteiger partial charge >= 0.3 is 0 Å².